The number of hydrogen-bond acceptors (Lipinski definition) is 5. The molecule has 0 radical (unpaired) electrons. The monoisotopic (exact) mass is 301 g/mol. The van der Waals surface area contributed by atoms with Crippen LogP contribution in [0.3, 0.4) is 0 Å². The number of carbonyl (C=O) groups excluding carboxylic acids is 1. The highest BCUT2D eigenvalue weighted by atomic mass is 32.2. The fourth-order valence-corrected chi connectivity index (χ4v) is 3.02. The summed E-state index contributed by atoms with van der Waals surface area (Å²) in [7, 11) is -2.06. The van der Waals surface area contributed by atoms with Gasteiger partial charge in [-0.05, 0) is 6.92 Å². The molecular formula is C11H19N5O3S. The van der Waals surface area contributed by atoms with Crippen LogP contribution >= 0.6 is 0 Å². The molecule has 9 heteroatoms. The zero-order chi connectivity index (χ0) is 14.8. The first-order valence-corrected chi connectivity index (χ1v) is 7.86. The maximum Gasteiger partial charge on any atom is 0.260 e. The first kappa shape index (κ1) is 14.9. The number of sulfonamides is 1. The van der Waals surface area contributed by atoms with E-state index in [0.29, 0.717) is 6.54 Å². The van der Waals surface area contributed by atoms with E-state index in [1.54, 1.807) is 11.9 Å². The Morgan fingerprint density at radius 1 is 1.60 bits per heavy atom. The lowest BCUT2D eigenvalue weighted by Gasteiger charge is -2.34. The van der Waals surface area contributed by atoms with Crippen LogP contribution < -0.4 is 10.0 Å². The number of aryl methyl sites for hydroxylation is 1. The van der Waals surface area contributed by atoms with E-state index in [2.05, 4.69) is 15.0 Å². The number of nitrogens with one attached hydrogen (secondary N) is 2. The van der Waals surface area contributed by atoms with Crippen LogP contribution in [0.15, 0.2) is 17.6 Å². The van der Waals surface area contributed by atoms with Crippen LogP contribution in [-0.4, -0.2) is 61.0 Å². The fraction of sp³-hybridized carbons (Fsp3) is 0.636. The predicted molar refractivity (Wildman–Crippen MR) is 72.4 cm³/mol. The van der Waals surface area contributed by atoms with Gasteiger partial charge >= 0.3 is 0 Å². The van der Waals surface area contributed by atoms with E-state index in [-0.39, 0.29) is 23.5 Å². The van der Waals surface area contributed by atoms with Crippen LogP contribution in [0.25, 0.3) is 0 Å². The lowest BCUT2D eigenvalue weighted by molar-refractivity contribution is -0.132. The van der Waals surface area contributed by atoms with Gasteiger partial charge in [0.2, 0.25) is 5.91 Å². The van der Waals surface area contributed by atoms with Gasteiger partial charge in [-0.1, -0.05) is 0 Å². The van der Waals surface area contributed by atoms with Crippen molar-refractivity contribution in [3.8, 4) is 0 Å². The quantitative estimate of drug-likeness (QED) is 0.707. The van der Waals surface area contributed by atoms with Crippen molar-refractivity contribution in [2.24, 2.45) is 7.05 Å². The SMILES string of the molecule is C[C@H]1CNCCN1C(=O)CNS(=O)(=O)c1cn(C)cn1. The summed E-state index contributed by atoms with van der Waals surface area (Å²) in [6, 6.07) is 0.0654. The van der Waals surface area contributed by atoms with Gasteiger partial charge in [-0.3, -0.25) is 4.79 Å². The van der Waals surface area contributed by atoms with Gasteiger partial charge < -0.3 is 14.8 Å². The average molecular weight is 301 g/mol. The number of aromatic nitrogens is 2. The first-order chi connectivity index (χ1) is 9.40. The summed E-state index contributed by atoms with van der Waals surface area (Å²) in [5.41, 5.74) is 0. The number of nitrogens with zero attached hydrogens (tertiary/aromatic N) is 3. The summed E-state index contributed by atoms with van der Waals surface area (Å²) >= 11 is 0. The van der Waals surface area contributed by atoms with Crippen molar-refractivity contribution in [2.45, 2.75) is 18.0 Å². The molecule has 0 bridgehead atoms. The van der Waals surface area contributed by atoms with Crippen molar-refractivity contribution in [2.75, 3.05) is 26.2 Å². The first-order valence-electron chi connectivity index (χ1n) is 6.38. The molecule has 0 aromatic carbocycles. The molecule has 2 rings (SSSR count). The zero-order valence-electron chi connectivity index (χ0n) is 11.5. The number of imidazole rings is 1. The third-order valence-corrected chi connectivity index (χ3v) is 4.48. The Morgan fingerprint density at radius 2 is 2.35 bits per heavy atom. The van der Waals surface area contributed by atoms with Crippen LogP contribution in [0.5, 0.6) is 0 Å². The van der Waals surface area contributed by atoms with Crippen molar-refractivity contribution < 1.29 is 13.2 Å². The number of carbonyl (C=O) groups is 1. The van der Waals surface area contributed by atoms with Gasteiger partial charge in [-0.2, -0.15) is 0 Å². The predicted octanol–water partition coefficient (Wildman–Crippen LogP) is -1.48. The molecule has 2 N–H and O–H groups in total. The molecule has 1 aromatic rings. The summed E-state index contributed by atoms with van der Waals surface area (Å²) in [5.74, 6) is -0.224. The summed E-state index contributed by atoms with van der Waals surface area (Å²) in [4.78, 5) is 17.5. The van der Waals surface area contributed by atoms with E-state index >= 15 is 0 Å². The van der Waals surface area contributed by atoms with E-state index in [0.717, 1.165) is 13.1 Å². The summed E-state index contributed by atoms with van der Waals surface area (Å²) < 4.78 is 27.7. The third kappa shape index (κ3) is 3.35. The van der Waals surface area contributed by atoms with E-state index < -0.39 is 10.0 Å². The standard InChI is InChI=1S/C11H19N5O3S/c1-9-5-12-3-4-16(9)11(17)6-14-20(18,19)10-7-15(2)8-13-10/h7-9,12,14H,3-6H2,1-2H3/t9-/m0/s1. The van der Waals surface area contributed by atoms with Crippen LogP contribution in [0.4, 0.5) is 0 Å². The fourth-order valence-electron chi connectivity index (χ4n) is 2.07. The van der Waals surface area contributed by atoms with Crippen molar-refractivity contribution in [3.63, 3.8) is 0 Å². The maximum absolute atomic E-state index is 12.0. The second-order valence-electron chi connectivity index (χ2n) is 4.84. The van der Waals surface area contributed by atoms with Gasteiger partial charge in [0.1, 0.15) is 0 Å². The molecule has 1 aliphatic heterocycles. The summed E-state index contributed by atoms with van der Waals surface area (Å²) in [5, 5.41) is 3.09. The number of amides is 1. The van der Waals surface area contributed by atoms with Crippen molar-refractivity contribution in [1.29, 1.82) is 0 Å². The molecule has 0 saturated carbocycles. The van der Waals surface area contributed by atoms with Gasteiger partial charge in [0.15, 0.2) is 5.03 Å². The van der Waals surface area contributed by atoms with E-state index in [1.165, 1.54) is 17.1 Å². The average Bonchev–Trinajstić information content (AvgIpc) is 2.84. The normalized spacial score (nSPS) is 20.1. The van der Waals surface area contributed by atoms with Gasteiger partial charge in [-0.15, -0.1) is 0 Å². The molecule has 1 aromatic heterocycles. The van der Waals surface area contributed by atoms with E-state index in [1.807, 2.05) is 6.92 Å². The molecule has 20 heavy (non-hydrogen) atoms. The molecule has 0 spiro atoms. The molecular weight excluding hydrogens is 282 g/mol. The topological polar surface area (TPSA) is 96.3 Å². The minimum atomic E-state index is -3.74. The Hall–Kier alpha value is -1.45. The summed E-state index contributed by atoms with van der Waals surface area (Å²) in [6.45, 7) is 3.72. The molecule has 2 heterocycles. The highest BCUT2D eigenvalue weighted by molar-refractivity contribution is 7.89. The largest absolute Gasteiger partial charge is 0.339 e. The van der Waals surface area contributed by atoms with Crippen molar-refractivity contribution in [1.82, 2.24) is 24.5 Å². The number of piperazine rings is 1. The van der Waals surface area contributed by atoms with E-state index in [4.69, 9.17) is 0 Å². The van der Waals surface area contributed by atoms with Crippen LogP contribution in [0.1, 0.15) is 6.92 Å². The Bertz CT molecular complexity index is 583. The minimum Gasteiger partial charge on any atom is -0.339 e. The number of rotatable bonds is 4. The van der Waals surface area contributed by atoms with E-state index in [9.17, 15) is 13.2 Å². The third-order valence-electron chi connectivity index (χ3n) is 3.19. The highest BCUT2D eigenvalue weighted by Gasteiger charge is 2.25. The van der Waals surface area contributed by atoms with Crippen molar-refractivity contribution in [3.05, 3.63) is 12.5 Å². The second kappa shape index (κ2) is 5.90. The van der Waals surface area contributed by atoms with Gasteiger partial charge in [0.25, 0.3) is 10.0 Å². The molecule has 0 aliphatic carbocycles. The molecule has 0 unspecified atom stereocenters. The molecule has 1 aliphatic rings. The van der Waals surface area contributed by atoms with Gasteiger partial charge in [0.05, 0.1) is 12.9 Å². The maximum atomic E-state index is 12.0. The van der Waals surface area contributed by atoms with Crippen LogP contribution in [-0.2, 0) is 21.9 Å². The Kier molecular flexibility index (Phi) is 4.41. The smallest absolute Gasteiger partial charge is 0.260 e. The Balaban J connectivity index is 1.96. The minimum absolute atomic E-state index is 0.0654. The Morgan fingerprint density at radius 3 is 2.95 bits per heavy atom. The molecule has 112 valence electrons. The molecule has 8 nitrogen and oxygen atoms in total. The van der Waals surface area contributed by atoms with Gasteiger partial charge in [0, 0.05) is 38.9 Å². The molecule has 1 amide bonds. The highest BCUT2D eigenvalue weighted by Crippen LogP contribution is 2.05. The van der Waals surface area contributed by atoms with Crippen LogP contribution in [0.2, 0.25) is 0 Å². The Labute approximate surface area is 118 Å². The van der Waals surface area contributed by atoms with Gasteiger partial charge in [-0.25, -0.2) is 18.1 Å². The molecule has 1 saturated heterocycles. The van der Waals surface area contributed by atoms with Crippen molar-refractivity contribution >= 4 is 15.9 Å². The zero-order valence-corrected chi connectivity index (χ0v) is 12.4. The molecule has 1 atom stereocenters. The summed E-state index contributed by atoms with van der Waals surface area (Å²) in [6.07, 6.45) is 2.79. The second-order valence-corrected chi connectivity index (χ2v) is 6.56. The molecule has 1 fully saturated rings. The lowest BCUT2D eigenvalue weighted by Crippen LogP contribution is -2.54. The number of hydrogen-bond donors (Lipinski definition) is 2. The lowest BCUT2D eigenvalue weighted by atomic mass is 10.2. The van der Waals surface area contributed by atoms with Crippen LogP contribution in [0, 0.1) is 0 Å².